The third kappa shape index (κ3) is 7.42. The normalized spacial score (nSPS) is 10.7. The Morgan fingerprint density at radius 3 is 2.54 bits per heavy atom. The van der Waals surface area contributed by atoms with Crippen LogP contribution < -0.4 is 16.0 Å². The maximum atomic E-state index is 11.4. The molecule has 3 N–H and O–H groups in total. The summed E-state index contributed by atoms with van der Waals surface area (Å²) in [5, 5.41) is 19.4. The van der Waals surface area contributed by atoms with Crippen LogP contribution in [0.2, 0.25) is 5.02 Å². The fourth-order valence-electron chi connectivity index (χ4n) is 1.56. The molecule has 0 aliphatic carbocycles. The number of nitro groups is 1. The molecule has 0 radical (unpaired) electrons. The highest BCUT2D eigenvalue weighted by atomic mass is 35.5. The van der Waals surface area contributed by atoms with Crippen LogP contribution in [0.15, 0.2) is 18.2 Å². The molecule has 8 nitrogen and oxygen atoms in total. The Labute approximate surface area is 150 Å². The van der Waals surface area contributed by atoms with Crippen molar-refractivity contribution in [2.45, 2.75) is 26.4 Å². The molecular formula is C14H19ClN4O4S. The molecule has 1 aromatic carbocycles. The summed E-state index contributed by atoms with van der Waals surface area (Å²) < 4.78 is 5.08. The summed E-state index contributed by atoms with van der Waals surface area (Å²) in [7, 11) is 0. The van der Waals surface area contributed by atoms with Crippen LogP contribution in [-0.2, 0) is 4.74 Å². The molecule has 0 heterocycles. The van der Waals surface area contributed by atoms with Gasteiger partial charge in [0.2, 0.25) is 0 Å². The number of amides is 1. The number of benzene rings is 1. The highest BCUT2D eigenvalue weighted by molar-refractivity contribution is 7.80. The minimum atomic E-state index is -0.575. The summed E-state index contributed by atoms with van der Waals surface area (Å²) in [6.45, 7) is 5.98. The largest absolute Gasteiger partial charge is 0.444 e. The molecule has 0 fully saturated rings. The molecule has 0 saturated carbocycles. The fraction of sp³-hybridized carbons (Fsp3) is 0.429. The zero-order valence-electron chi connectivity index (χ0n) is 13.5. The van der Waals surface area contributed by atoms with Crippen LogP contribution >= 0.6 is 23.8 Å². The van der Waals surface area contributed by atoms with E-state index in [1.54, 1.807) is 26.8 Å². The van der Waals surface area contributed by atoms with Crippen LogP contribution in [0.4, 0.5) is 16.2 Å². The van der Waals surface area contributed by atoms with E-state index in [0.717, 1.165) is 0 Å². The molecule has 0 aromatic heterocycles. The molecular weight excluding hydrogens is 356 g/mol. The standard InChI is InChI=1S/C14H19ClN4O4S/c1-14(2,3)23-13(20)17-7-6-16-12(24)18-9-4-5-10(15)11(8-9)19(21)22/h4-5,8H,6-7H2,1-3H3,(H,17,20)(H2,16,18,24). The third-order valence-corrected chi connectivity index (χ3v) is 3.05. The van der Waals surface area contributed by atoms with Gasteiger partial charge in [0.05, 0.1) is 4.92 Å². The molecule has 0 bridgehead atoms. The minimum Gasteiger partial charge on any atom is -0.444 e. The van der Waals surface area contributed by atoms with E-state index in [2.05, 4.69) is 16.0 Å². The molecule has 0 aliphatic rings. The van der Waals surface area contributed by atoms with Crippen LogP contribution in [0.5, 0.6) is 0 Å². The molecule has 10 heteroatoms. The van der Waals surface area contributed by atoms with Gasteiger partial charge in [-0.3, -0.25) is 10.1 Å². The van der Waals surface area contributed by atoms with Gasteiger partial charge in [0, 0.05) is 24.8 Å². The van der Waals surface area contributed by atoms with Crippen LogP contribution in [0.25, 0.3) is 0 Å². The molecule has 0 unspecified atom stereocenters. The maximum Gasteiger partial charge on any atom is 0.407 e. The second kappa shape index (κ2) is 8.65. The molecule has 24 heavy (non-hydrogen) atoms. The van der Waals surface area contributed by atoms with Crippen molar-refractivity contribution in [1.29, 1.82) is 0 Å². The smallest absolute Gasteiger partial charge is 0.407 e. The van der Waals surface area contributed by atoms with E-state index in [-0.39, 0.29) is 15.8 Å². The number of nitrogens with one attached hydrogen (secondary N) is 3. The van der Waals surface area contributed by atoms with Crippen molar-refractivity contribution in [2.24, 2.45) is 0 Å². The topological polar surface area (TPSA) is 106 Å². The van der Waals surface area contributed by atoms with Gasteiger partial charge in [0.25, 0.3) is 5.69 Å². The lowest BCUT2D eigenvalue weighted by Crippen LogP contribution is -2.39. The highest BCUT2D eigenvalue weighted by Crippen LogP contribution is 2.27. The van der Waals surface area contributed by atoms with Gasteiger partial charge in [-0.15, -0.1) is 0 Å². The zero-order valence-corrected chi connectivity index (χ0v) is 15.1. The number of halogens is 1. The average molecular weight is 375 g/mol. The van der Waals surface area contributed by atoms with Crippen LogP contribution in [-0.4, -0.2) is 34.8 Å². The Morgan fingerprint density at radius 1 is 1.33 bits per heavy atom. The summed E-state index contributed by atoms with van der Waals surface area (Å²) in [5.74, 6) is 0. The van der Waals surface area contributed by atoms with Crippen molar-refractivity contribution in [2.75, 3.05) is 18.4 Å². The lowest BCUT2D eigenvalue weighted by molar-refractivity contribution is -0.384. The van der Waals surface area contributed by atoms with E-state index in [0.29, 0.717) is 18.8 Å². The first kappa shape index (κ1) is 19.9. The first-order chi connectivity index (χ1) is 11.1. The Hall–Kier alpha value is -2.13. The van der Waals surface area contributed by atoms with Crippen molar-refractivity contribution in [3.8, 4) is 0 Å². The Balaban J connectivity index is 2.38. The molecule has 1 aromatic rings. The number of thiocarbonyl (C=S) groups is 1. The average Bonchev–Trinajstić information content (AvgIpc) is 2.43. The Morgan fingerprint density at radius 2 is 1.96 bits per heavy atom. The van der Waals surface area contributed by atoms with E-state index in [1.165, 1.54) is 12.1 Å². The summed E-state index contributed by atoms with van der Waals surface area (Å²) in [4.78, 5) is 21.7. The van der Waals surface area contributed by atoms with E-state index in [4.69, 9.17) is 28.6 Å². The SMILES string of the molecule is CC(C)(C)OC(=O)NCCNC(=S)Nc1ccc(Cl)c([N+](=O)[O-])c1. The van der Waals surface area contributed by atoms with Gasteiger partial charge < -0.3 is 20.7 Å². The van der Waals surface area contributed by atoms with Crippen molar-refractivity contribution < 1.29 is 14.5 Å². The molecule has 0 aliphatic heterocycles. The molecule has 132 valence electrons. The van der Waals surface area contributed by atoms with Crippen LogP contribution in [0, 0.1) is 10.1 Å². The number of hydrogen-bond acceptors (Lipinski definition) is 5. The summed E-state index contributed by atoms with van der Waals surface area (Å²) in [6, 6.07) is 4.27. The minimum absolute atomic E-state index is 0.0472. The van der Waals surface area contributed by atoms with E-state index in [1.807, 2.05) is 0 Å². The Kier molecular flexibility index (Phi) is 7.18. The van der Waals surface area contributed by atoms with Crippen molar-refractivity contribution >= 4 is 46.4 Å². The van der Waals surface area contributed by atoms with Crippen molar-refractivity contribution in [3.05, 3.63) is 33.3 Å². The lowest BCUT2D eigenvalue weighted by atomic mass is 10.2. The lowest BCUT2D eigenvalue weighted by Gasteiger charge is -2.19. The van der Waals surface area contributed by atoms with Gasteiger partial charge in [-0.2, -0.15) is 0 Å². The van der Waals surface area contributed by atoms with E-state index >= 15 is 0 Å². The predicted molar refractivity (Wildman–Crippen MR) is 96.6 cm³/mol. The van der Waals surface area contributed by atoms with Gasteiger partial charge >= 0.3 is 6.09 Å². The van der Waals surface area contributed by atoms with Gasteiger partial charge in [0.15, 0.2) is 5.11 Å². The van der Waals surface area contributed by atoms with Crippen molar-refractivity contribution in [1.82, 2.24) is 10.6 Å². The molecule has 0 spiro atoms. The molecule has 1 rings (SSSR count). The first-order valence-corrected chi connectivity index (χ1v) is 7.83. The number of alkyl carbamates (subject to hydrolysis) is 1. The second-order valence-corrected chi connectivity index (χ2v) is 6.55. The fourth-order valence-corrected chi connectivity index (χ4v) is 1.97. The monoisotopic (exact) mass is 374 g/mol. The molecule has 1 amide bonds. The number of hydrogen-bond donors (Lipinski definition) is 3. The number of carbonyl (C=O) groups is 1. The maximum absolute atomic E-state index is 11.4. The van der Waals surface area contributed by atoms with Gasteiger partial charge in [-0.1, -0.05) is 11.6 Å². The van der Waals surface area contributed by atoms with Gasteiger partial charge in [0.1, 0.15) is 10.6 Å². The van der Waals surface area contributed by atoms with Crippen LogP contribution in [0.1, 0.15) is 20.8 Å². The van der Waals surface area contributed by atoms with E-state index < -0.39 is 16.6 Å². The Bertz CT molecular complexity index is 634. The zero-order chi connectivity index (χ0) is 18.3. The molecule has 0 saturated heterocycles. The van der Waals surface area contributed by atoms with Crippen molar-refractivity contribution in [3.63, 3.8) is 0 Å². The summed E-state index contributed by atoms with van der Waals surface area (Å²) in [5.41, 5.74) is -0.336. The summed E-state index contributed by atoms with van der Waals surface area (Å²) in [6.07, 6.45) is -0.517. The number of rotatable bonds is 5. The predicted octanol–water partition coefficient (Wildman–Crippen LogP) is 3.06. The number of carbonyl (C=O) groups excluding carboxylic acids is 1. The second-order valence-electron chi connectivity index (χ2n) is 5.73. The highest BCUT2D eigenvalue weighted by Gasteiger charge is 2.15. The number of nitrogens with zero attached hydrogens (tertiary/aromatic N) is 1. The number of nitro benzene ring substituents is 1. The van der Waals surface area contributed by atoms with Gasteiger partial charge in [-0.25, -0.2) is 4.79 Å². The quantitative estimate of drug-likeness (QED) is 0.315. The van der Waals surface area contributed by atoms with Gasteiger partial charge in [-0.05, 0) is 45.1 Å². The van der Waals surface area contributed by atoms with Crippen LogP contribution in [0.3, 0.4) is 0 Å². The summed E-state index contributed by atoms with van der Waals surface area (Å²) >= 11 is 10.8. The third-order valence-electron chi connectivity index (χ3n) is 2.48. The van der Waals surface area contributed by atoms with E-state index in [9.17, 15) is 14.9 Å². The first-order valence-electron chi connectivity index (χ1n) is 7.04. The molecule has 0 atom stereocenters. The number of anilines is 1. The number of ether oxygens (including phenoxy) is 1.